The summed E-state index contributed by atoms with van der Waals surface area (Å²) >= 11 is 0. The van der Waals surface area contributed by atoms with Crippen molar-refractivity contribution in [2.24, 2.45) is 0 Å². The predicted molar refractivity (Wildman–Crippen MR) is 113 cm³/mol. The molecule has 0 spiro atoms. The molecular weight excluding hydrogens is 386 g/mol. The summed E-state index contributed by atoms with van der Waals surface area (Å²) in [6.07, 6.45) is 0.397. The van der Waals surface area contributed by atoms with Crippen molar-refractivity contribution in [3.8, 4) is 5.75 Å². The van der Waals surface area contributed by atoms with Gasteiger partial charge in [-0.2, -0.15) is 0 Å². The van der Waals surface area contributed by atoms with Gasteiger partial charge in [0, 0.05) is 12.1 Å². The molecule has 0 atom stereocenters. The fourth-order valence-electron chi connectivity index (χ4n) is 2.63. The maximum absolute atomic E-state index is 12.0. The van der Waals surface area contributed by atoms with Crippen LogP contribution in [0.2, 0.25) is 0 Å². The van der Waals surface area contributed by atoms with Gasteiger partial charge in [0.25, 0.3) is 5.91 Å². The summed E-state index contributed by atoms with van der Waals surface area (Å²) in [5, 5.41) is 2.62. The lowest BCUT2D eigenvalue weighted by Gasteiger charge is -2.10. The monoisotopic (exact) mass is 413 g/mol. The number of hydrogen-bond donors (Lipinski definition) is 1. The lowest BCUT2D eigenvalue weighted by Crippen LogP contribution is -2.21. The van der Waals surface area contributed by atoms with E-state index in [0.29, 0.717) is 24.3 Å². The number of carbonyl (C=O) groups is 3. The van der Waals surface area contributed by atoms with Crippen LogP contribution in [0.1, 0.15) is 43.1 Å². The average molecular weight is 413 g/mol. The van der Waals surface area contributed by atoms with Crippen molar-refractivity contribution in [3.63, 3.8) is 0 Å². The maximum atomic E-state index is 12.0. The fourth-order valence-corrected chi connectivity index (χ4v) is 2.63. The van der Waals surface area contributed by atoms with Gasteiger partial charge in [0.2, 0.25) is 0 Å². The van der Waals surface area contributed by atoms with Crippen LogP contribution in [0.25, 0.3) is 0 Å². The van der Waals surface area contributed by atoms with Crippen LogP contribution in [0.3, 0.4) is 0 Å². The predicted octanol–water partition coefficient (Wildman–Crippen LogP) is 3.77. The van der Waals surface area contributed by atoms with Gasteiger partial charge in [-0.15, -0.1) is 0 Å². The van der Waals surface area contributed by atoms with Gasteiger partial charge in [0.15, 0.2) is 6.61 Å². The van der Waals surface area contributed by atoms with Gasteiger partial charge in [-0.1, -0.05) is 18.2 Å². The van der Waals surface area contributed by atoms with E-state index in [9.17, 15) is 14.4 Å². The van der Waals surface area contributed by atoms with Gasteiger partial charge in [-0.25, -0.2) is 4.79 Å². The first-order valence-electron chi connectivity index (χ1n) is 9.86. The standard InChI is InChI=1S/C23H27NO6/c1-4-28-20-8-6-5-7-17(20)11-14-22(26)29-15-21(25)24-19-12-9-18(10-13-19)23(27)30-16(2)3/h5-10,12-13,16H,4,11,14-15H2,1-3H3,(H,24,25). The van der Waals surface area contributed by atoms with Crippen molar-refractivity contribution in [2.45, 2.75) is 39.7 Å². The molecule has 7 heteroatoms. The van der Waals surface area contributed by atoms with Gasteiger partial charge >= 0.3 is 11.9 Å². The molecule has 0 aromatic heterocycles. The molecule has 160 valence electrons. The molecule has 0 aliphatic heterocycles. The Kier molecular flexibility index (Phi) is 8.87. The second kappa shape index (κ2) is 11.6. The molecule has 1 amide bonds. The quantitative estimate of drug-likeness (QED) is 0.597. The molecule has 1 N–H and O–H groups in total. The smallest absolute Gasteiger partial charge is 0.338 e. The molecule has 0 aliphatic rings. The van der Waals surface area contributed by atoms with E-state index in [-0.39, 0.29) is 19.1 Å². The van der Waals surface area contributed by atoms with Crippen LogP contribution >= 0.6 is 0 Å². The van der Waals surface area contributed by atoms with Crippen LogP contribution in [0.4, 0.5) is 5.69 Å². The number of amides is 1. The second-order valence-electron chi connectivity index (χ2n) is 6.78. The van der Waals surface area contributed by atoms with Crippen LogP contribution < -0.4 is 10.1 Å². The molecule has 0 saturated carbocycles. The van der Waals surface area contributed by atoms with E-state index >= 15 is 0 Å². The zero-order chi connectivity index (χ0) is 21.9. The molecule has 0 aliphatic carbocycles. The Bertz CT molecular complexity index is 860. The number of para-hydroxylation sites is 1. The molecule has 2 aromatic rings. The summed E-state index contributed by atoms with van der Waals surface area (Å²) < 4.78 is 15.7. The third-order valence-electron chi connectivity index (χ3n) is 3.98. The topological polar surface area (TPSA) is 90.9 Å². The van der Waals surface area contributed by atoms with Crippen molar-refractivity contribution < 1.29 is 28.6 Å². The van der Waals surface area contributed by atoms with Crippen molar-refractivity contribution >= 4 is 23.5 Å². The number of esters is 2. The van der Waals surface area contributed by atoms with E-state index < -0.39 is 17.8 Å². The molecule has 0 bridgehead atoms. The number of hydrogen-bond acceptors (Lipinski definition) is 6. The summed E-state index contributed by atoms with van der Waals surface area (Å²) in [4.78, 5) is 35.8. The number of nitrogens with one attached hydrogen (secondary N) is 1. The Balaban J connectivity index is 1.76. The molecule has 30 heavy (non-hydrogen) atoms. The molecule has 2 aromatic carbocycles. The van der Waals surface area contributed by atoms with Crippen LogP contribution in [-0.4, -0.2) is 37.2 Å². The van der Waals surface area contributed by atoms with Crippen molar-refractivity contribution in [3.05, 3.63) is 59.7 Å². The summed E-state index contributed by atoms with van der Waals surface area (Å²) in [6.45, 7) is 5.59. The maximum Gasteiger partial charge on any atom is 0.338 e. The Morgan fingerprint density at radius 3 is 2.37 bits per heavy atom. The normalized spacial score (nSPS) is 10.4. The number of ether oxygens (including phenoxy) is 3. The minimum atomic E-state index is -0.469. The summed E-state index contributed by atoms with van der Waals surface area (Å²) in [6, 6.07) is 13.8. The number of anilines is 1. The van der Waals surface area contributed by atoms with Crippen LogP contribution in [-0.2, 0) is 25.5 Å². The largest absolute Gasteiger partial charge is 0.494 e. The Morgan fingerprint density at radius 1 is 1.00 bits per heavy atom. The first kappa shape index (κ1) is 22.9. The SMILES string of the molecule is CCOc1ccccc1CCC(=O)OCC(=O)Nc1ccc(C(=O)OC(C)C)cc1. The van der Waals surface area contributed by atoms with Crippen LogP contribution in [0.5, 0.6) is 5.75 Å². The van der Waals surface area contributed by atoms with Crippen molar-refractivity contribution in [1.82, 2.24) is 0 Å². The number of aryl methyl sites for hydroxylation is 1. The third-order valence-corrected chi connectivity index (χ3v) is 3.98. The number of rotatable bonds is 10. The molecule has 0 fully saturated rings. The zero-order valence-corrected chi connectivity index (χ0v) is 17.5. The minimum Gasteiger partial charge on any atom is -0.494 e. The lowest BCUT2D eigenvalue weighted by molar-refractivity contribution is -0.147. The highest BCUT2D eigenvalue weighted by Gasteiger charge is 2.12. The van der Waals surface area contributed by atoms with E-state index in [1.165, 1.54) is 0 Å². The highest BCUT2D eigenvalue weighted by molar-refractivity contribution is 5.94. The van der Waals surface area contributed by atoms with Gasteiger partial charge < -0.3 is 19.5 Å². The third kappa shape index (κ3) is 7.58. The molecule has 0 heterocycles. The zero-order valence-electron chi connectivity index (χ0n) is 17.5. The van der Waals surface area contributed by atoms with Crippen molar-refractivity contribution in [2.75, 3.05) is 18.5 Å². The summed E-state index contributed by atoms with van der Waals surface area (Å²) in [7, 11) is 0. The van der Waals surface area contributed by atoms with Gasteiger partial charge in [0.05, 0.1) is 18.3 Å². The van der Waals surface area contributed by atoms with E-state index in [4.69, 9.17) is 14.2 Å². The molecule has 0 radical (unpaired) electrons. The van der Waals surface area contributed by atoms with E-state index in [1.807, 2.05) is 31.2 Å². The highest BCUT2D eigenvalue weighted by atomic mass is 16.5. The second-order valence-corrected chi connectivity index (χ2v) is 6.78. The van der Waals surface area contributed by atoms with E-state index in [1.54, 1.807) is 38.1 Å². The van der Waals surface area contributed by atoms with Crippen LogP contribution in [0, 0.1) is 0 Å². The Hall–Kier alpha value is -3.35. The Labute approximate surface area is 176 Å². The molecule has 0 unspecified atom stereocenters. The summed E-state index contributed by atoms with van der Waals surface area (Å²) in [5.74, 6) is -0.618. The molecule has 7 nitrogen and oxygen atoms in total. The highest BCUT2D eigenvalue weighted by Crippen LogP contribution is 2.19. The first-order chi connectivity index (χ1) is 14.4. The number of carbonyl (C=O) groups excluding carboxylic acids is 3. The van der Waals surface area contributed by atoms with Crippen molar-refractivity contribution in [1.29, 1.82) is 0 Å². The number of benzene rings is 2. The first-order valence-corrected chi connectivity index (χ1v) is 9.86. The molecular formula is C23H27NO6. The van der Waals surface area contributed by atoms with Gasteiger partial charge in [-0.3, -0.25) is 9.59 Å². The Morgan fingerprint density at radius 2 is 1.70 bits per heavy atom. The van der Waals surface area contributed by atoms with Gasteiger partial charge in [0.1, 0.15) is 5.75 Å². The fraction of sp³-hybridized carbons (Fsp3) is 0.348. The molecule has 2 rings (SSSR count). The summed E-state index contributed by atoms with van der Waals surface area (Å²) in [5.41, 5.74) is 1.79. The van der Waals surface area contributed by atoms with E-state index in [2.05, 4.69) is 5.32 Å². The molecule has 0 saturated heterocycles. The van der Waals surface area contributed by atoms with Crippen LogP contribution in [0.15, 0.2) is 48.5 Å². The minimum absolute atomic E-state index is 0.143. The van der Waals surface area contributed by atoms with E-state index in [0.717, 1.165) is 11.3 Å². The average Bonchev–Trinajstić information content (AvgIpc) is 2.72. The van der Waals surface area contributed by atoms with Gasteiger partial charge in [-0.05, 0) is 63.1 Å². The lowest BCUT2D eigenvalue weighted by atomic mass is 10.1.